The summed E-state index contributed by atoms with van der Waals surface area (Å²) in [5, 5.41) is 0.242. The van der Waals surface area contributed by atoms with E-state index in [0.29, 0.717) is 16.8 Å². The molecule has 3 N–H and O–H groups in total. The third-order valence-corrected chi connectivity index (χ3v) is 2.89. The maximum Gasteiger partial charge on any atom is 0.229 e. The van der Waals surface area contributed by atoms with E-state index in [1.807, 2.05) is 0 Å². The zero-order chi connectivity index (χ0) is 13.2. The van der Waals surface area contributed by atoms with Crippen LogP contribution in [0.15, 0.2) is 12.1 Å². The van der Waals surface area contributed by atoms with Crippen LogP contribution in [0.2, 0.25) is 5.02 Å². The Labute approximate surface area is 105 Å². The van der Waals surface area contributed by atoms with Crippen LogP contribution in [0.25, 0.3) is 0 Å². The van der Waals surface area contributed by atoms with E-state index >= 15 is 0 Å². The Balaban J connectivity index is 3.15. The average Bonchev–Trinajstić information content (AvgIpc) is 2.08. The van der Waals surface area contributed by atoms with Crippen molar-refractivity contribution >= 4 is 33.2 Å². The van der Waals surface area contributed by atoms with Crippen LogP contribution in [-0.2, 0) is 21.2 Å². The summed E-state index contributed by atoms with van der Waals surface area (Å²) < 4.78 is 24.6. The Kier molecular flexibility index (Phi) is 4.00. The van der Waals surface area contributed by atoms with Gasteiger partial charge in [0, 0.05) is 0 Å². The lowest BCUT2D eigenvalue weighted by molar-refractivity contribution is -0.117. The first kappa shape index (κ1) is 13.8. The molecule has 0 aliphatic rings. The first-order chi connectivity index (χ1) is 7.69. The van der Waals surface area contributed by atoms with Gasteiger partial charge in [0.1, 0.15) is 0 Å². The predicted molar refractivity (Wildman–Crippen MR) is 67.6 cm³/mol. The molecule has 0 atom stereocenters. The van der Waals surface area contributed by atoms with Gasteiger partial charge in [0.25, 0.3) is 0 Å². The summed E-state index contributed by atoms with van der Waals surface area (Å²) in [5.41, 5.74) is 6.68. The molecule has 0 bridgehead atoms. The number of aryl methyl sites for hydroxylation is 1. The SMILES string of the molecule is Cc1cc(CC(N)=O)cc(Cl)c1NS(C)(=O)=O. The van der Waals surface area contributed by atoms with E-state index in [-0.39, 0.29) is 11.4 Å². The second-order valence-electron chi connectivity index (χ2n) is 3.79. The number of nitrogens with two attached hydrogens (primary N) is 1. The number of anilines is 1. The molecule has 0 fully saturated rings. The van der Waals surface area contributed by atoms with Gasteiger partial charge < -0.3 is 5.73 Å². The summed E-state index contributed by atoms with van der Waals surface area (Å²) >= 11 is 5.95. The maximum atomic E-state index is 11.1. The number of amides is 1. The van der Waals surface area contributed by atoms with Crippen molar-refractivity contribution in [3.05, 3.63) is 28.3 Å². The number of rotatable bonds is 4. The molecule has 0 saturated heterocycles. The summed E-state index contributed by atoms with van der Waals surface area (Å²) in [4.78, 5) is 10.8. The lowest BCUT2D eigenvalue weighted by Gasteiger charge is -2.11. The zero-order valence-electron chi connectivity index (χ0n) is 9.45. The van der Waals surface area contributed by atoms with Crippen LogP contribution in [0, 0.1) is 6.92 Å². The van der Waals surface area contributed by atoms with Crippen LogP contribution >= 0.6 is 11.6 Å². The van der Waals surface area contributed by atoms with Crippen molar-refractivity contribution < 1.29 is 13.2 Å². The lowest BCUT2D eigenvalue weighted by atomic mass is 10.1. The quantitative estimate of drug-likeness (QED) is 0.861. The minimum absolute atomic E-state index is 0.0692. The summed E-state index contributed by atoms with van der Waals surface area (Å²) in [6.45, 7) is 1.70. The molecule has 94 valence electrons. The molecule has 0 radical (unpaired) electrons. The Bertz CT molecular complexity index is 532. The number of hydrogen-bond acceptors (Lipinski definition) is 3. The van der Waals surface area contributed by atoms with Crippen LogP contribution in [0.1, 0.15) is 11.1 Å². The molecule has 7 heteroatoms. The zero-order valence-corrected chi connectivity index (χ0v) is 11.0. The highest BCUT2D eigenvalue weighted by Crippen LogP contribution is 2.28. The van der Waals surface area contributed by atoms with Gasteiger partial charge in [0.2, 0.25) is 15.9 Å². The van der Waals surface area contributed by atoms with Gasteiger partial charge >= 0.3 is 0 Å². The van der Waals surface area contributed by atoms with E-state index in [9.17, 15) is 13.2 Å². The molecule has 0 aliphatic carbocycles. The second-order valence-corrected chi connectivity index (χ2v) is 5.94. The highest BCUT2D eigenvalue weighted by Gasteiger charge is 2.11. The molecule has 1 aromatic rings. The van der Waals surface area contributed by atoms with E-state index in [1.165, 1.54) is 6.07 Å². The summed E-state index contributed by atoms with van der Waals surface area (Å²) in [6, 6.07) is 3.19. The maximum absolute atomic E-state index is 11.1. The van der Waals surface area contributed by atoms with Crippen molar-refractivity contribution in [1.29, 1.82) is 0 Å². The number of hydrogen-bond donors (Lipinski definition) is 2. The largest absolute Gasteiger partial charge is 0.369 e. The highest BCUT2D eigenvalue weighted by molar-refractivity contribution is 7.92. The molecule has 1 aromatic carbocycles. The minimum atomic E-state index is -3.38. The van der Waals surface area contributed by atoms with E-state index in [2.05, 4.69) is 4.72 Å². The molecule has 5 nitrogen and oxygen atoms in total. The fraction of sp³-hybridized carbons (Fsp3) is 0.300. The Morgan fingerprint density at radius 3 is 2.47 bits per heavy atom. The van der Waals surface area contributed by atoms with Crippen molar-refractivity contribution in [3.63, 3.8) is 0 Å². The van der Waals surface area contributed by atoms with Crippen LogP contribution in [0.4, 0.5) is 5.69 Å². The van der Waals surface area contributed by atoms with Crippen LogP contribution in [0.5, 0.6) is 0 Å². The third kappa shape index (κ3) is 4.24. The molecule has 0 heterocycles. The molecule has 0 aromatic heterocycles. The standard InChI is InChI=1S/C10H13ClN2O3S/c1-6-3-7(5-9(12)14)4-8(11)10(6)13-17(2,15)16/h3-4,13H,5H2,1-2H3,(H2,12,14). The monoisotopic (exact) mass is 276 g/mol. The summed E-state index contributed by atoms with van der Waals surface area (Å²) in [7, 11) is -3.38. The fourth-order valence-corrected chi connectivity index (χ4v) is 2.47. The lowest BCUT2D eigenvalue weighted by Crippen LogP contribution is -2.15. The molecule has 17 heavy (non-hydrogen) atoms. The third-order valence-electron chi connectivity index (χ3n) is 2.01. The number of primary amides is 1. The topological polar surface area (TPSA) is 89.3 Å². The smallest absolute Gasteiger partial charge is 0.229 e. The Morgan fingerprint density at radius 1 is 1.47 bits per heavy atom. The van der Waals surface area contributed by atoms with E-state index in [1.54, 1.807) is 13.0 Å². The van der Waals surface area contributed by atoms with Crippen molar-refractivity contribution in [2.45, 2.75) is 13.3 Å². The van der Waals surface area contributed by atoms with Gasteiger partial charge in [-0.15, -0.1) is 0 Å². The van der Waals surface area contributed by atoms with Gasteiger partial charge in [-0.3, -0.25) is 9.52 Å². The van der Waals surface area contributed by atoms with Crippen LogP contribution in [0.3, 0.4) is 0 Å². The molecule has 0 aliphatic heterocycles. The minimum Gasteiger partial charge on any atom is -0.369 e. The van der Waals surface area contributed by atoms with E-state index in [4.69, 9.17) is 17.3 Å². The number of halogens is 1. The molecule has 0 saturated carbocycles. The van der Waals surface area contributed by atoms with Crippen molar-refractivity contribution in [2.75, 3.05) is 11.0 Å². The first-order valence-corrected chi connectivity index (χ1v) is 7.01. The van der Waals surface area contributed by atoms with Gasteiger partial charge in [-0.05, 0) is 24.1 Å². The van der Waals surface area contributed by atoms with E-state index < -0.39 is 15.9 Å². The van der Waals surface area contributed by atoms with Crippen LogP contribution in [-0.4, -0.2) is 20.6 Å². The van der Waals surface area contributed by atoms with Gasteiger partial charge in [0.05, 0.1) is 23.4 Å². The fourth-order valence-electron chi connectivity index (χ4n) is 1.43. The molecular formula is C10H13ClN2O3S. The van der Waals surface area contributed by atoms with Crippen LogP contribution < -0.4 is 10.5 Å². The van der Waals surface area contributed by atoms with Gasteiger partial charge in [-0.2, -0.15) is 0 Å². The first-order valence-electron chi connectivity index (χ1n) is 4.74. The molecule has 0 unspecified atom stereocenters. The van der Waals surface area contributed by atoms with Crippen molar-refractivity contribution in [2.24, 2.45) is 5.73 Å². The molecule has 1 rings (SSSR count). The molecule has 1 amide bonds. The second kappa shape index (κ2) is 4.93. The number of carbonyl (C=O) groups excluding carboxylic acids is 1. The molecular weight excluding hydrogens is 264 g/mol. The Morgan fingerprint density at radius 2 is 2.06 bits per heavy atom. The number of carbonyl (C=O) groups is 1. The average molecular weight is 277 g/mol. The van der Waals surface area contributed by atoms with Gasteiger partial charge in [-0.25, -0.2) is 8.42 Å². The van der Waals surface area contributed by atoms with E-state index in [0.717, 1.165) is 6.26 Å². The normalized spacial score (nSPS) is 11.2. The number of nitrogens with one attached hydrogen (secondary N) is 1. The Hall–Kier alpha value is -1.27. The summed E-state index contributed by atoms with van der Waals surface area (Å²) in [5.74, 6) is -0.468. The number of sulfonamides is 1. The summed E-state index contributed by atoms with van der Waals surface area (Å²) in [6.07, 6.45) is 1.11. The molecule has 0 spiro atoms. The van der Waals surface area contributed by atoms with Gasteiger partial charge in [-0.1, -0.05) is 17.7 Å². The predicted octanol–water partition coefficient (Wildman–Crippen LogP) is 1.05. The highest BCUT2D eigenvalue weighted by atomic mass is 35.5. The van der Waals surface area contributed by atoms with Crippen molar-refractivity contribution in [3.8, 4) is 0 Å². The van der Waals surface area contributed by atoms with Crippen molar-refractivity contribution in [1.82, 2.24) is 0 Å². The van der Waals surface area contributed by atoms with Gasteiger partial charge in [0.15, 0.2) is 0 Å². The number of benzene rings is 1.